The Balaban J connectivity index is 2.39. The van der Waals surface area contributed by atoms with Crippen molar-refractivity contribution in [3.8, 4) is 0 Å². The first-order chi connectivity index (χ1) is 6.63. The van der Waals surface area contributed by atoms with Crippen molar-refractivity contribution in [2.45, 2.75) is 23.7 Å². The highest BCUT2D eigenvalue weighted by Gasteiger charge is 2.24. The van der Waals surface area contributed by atoms with Crippen molar-refractivity contribution in [1.29, 1.82) is 0 Å². The van der Waals surface area contributed by atoms with E-state index in [1.54, 1.807) is 12.1 Å². The predicted octanol–water partition coefficient (Wildman–Crippen LogP) is 2.69. The van der Waals surface area contributed by atoms with Crippen LogP contribution in [-0.4, -0.2) is 13.1 Å². The lowest BCUT2D eigenvalue weighted by Gasteiger charge is -2.03. The molecule has 1 aromatic rings. The third-order valence-corrected chi connectivity index (χ3v) is 5.48. The Morgan fingerprint density at radius 3 is 2.64 bits per heavy atom. The molecule has 1 fully saturated rings. The van der Waals surface area contributed by atoms with Crippen molar-refractivity contribution in [2.24, 2.45) is 0 Å². The second kappa shape index (κ2) is 3.66. The fourth-order valence-corrected chi connectivity index (χ4v) is 2.96. The molecule has 0 heterocycles. The molecule has 0 N–H and O–H groups in total. The molecule has 0 aromatic heterocycles. The summed E-state index contributed by atoms with van der Waals surface area (Å²) in [5, 5.41) is 0. The predicted molar refractivity (Wildman–Crippen MR) is 59.4 cm³/mol. The van der Waals surface area contributed by atoms with Gasteiger partial charge in [-0.3, -0.25) is 0 Å². The molecule has 0 radical (unpaired) electrons. The van der Waals surface area contributed by atoms with Gasteiger partial charge in [0.15, 0.2) is 9.84 Å². The molecule has 2 nitrogen and oxygen atoms in total. The zero-order valence-corrected chi connectivity index (χ0v) is 10.0. The van der Waals surface area contributed by atoms with Gasteiger partial charge in [-0.05, 0) is 36.5 Å². The summed E-state index contributed by atoms with van der Waals surface area (Å²) in [5.41, 5.74) is 1.16. The quantitative estimate of drug-likeness (QED) is 0.795. The molecule has 76 valence electrons. The number of rotatable bonds is 3. The fraction of sp³-hybridized carbons (Fsp3) is 0.400. The van der Waals surface area contributed by atoms with Crippen LogP contribution in [-0.2, 0) is 9.84 Å². The largest absolute Gasteiger partial charge is 0.223 e. The maximum atomic E-state index is 11.5. The van der Waals surface area contributed by atoms with E-state index in [2.05, 4.69) is 15.9 Å². The fourth-order valence-electron chi connectivity index (χ4n) is 1.44. The minimum atomic E-state index is -3.11. The van der Waals surface area contributed by atoms with Crippen LogP contribution in [0, 0.1) is 0 Å². The number of benzene rings is 1. The molecule has 0 bridgehead atoms. The van der Waals surface area contributed by atoms with Gasteiger partial charge in [0.25, 0.3) is 0 Å². The molecule has 0 unspecified atom stereocenters. The first kappa shape index (κ1) is 10.2. The van der Waals surface area contributed by atoms with E-state index in [4.69, 9.17) is 0 Å². The lowest BCUT2D eigenvalue weighted by atomic mass is 10.1. The van der Waals surface area contributed by atoms with Crippen LogP contribution >= 0.6 is 15.9 Å². The van der Waals surface area contributed by atoms with Crippen LogP contribution in [0.2, 0.25) is 0 Å². The summed E-state index contributed by atoms with van der Waals surface area (Å²) in [6.45, 7) is 0. The average molecular weight is 275 g/mol. The topological polar surface area (TPSA) is 34.1 Å². The first-order valence-electron chi connectivity index (χ1n) is 4.52. The van der Waals surface area contributed by atoms with Gasteiger partial charge in [-0.25, -0.2) is 8.42 Å². The number of hydrogen-bond acceptors (Lipinski definition) is 2. The van der Waals surface area contributed by atoms with Crippen molar-refractivity contribution in [1.82, 2.24) is 0 Å². The molecule has 0 spiro atoms. The number of halogens is 1. The van der Waals surface area contributed by atoms with E-state index in [1.165, 1.54) is 12.8 Å². The van der Waals surface area contributed by atoms with Crippen LogP contribution in [0.3, 0.4) is 0 Å². The summed E-state index contributed by atoms with van der Waals surface area (Å²) < 4.78 is 23.1. The summed E-state index contributed by atoms with van der Waals surface area (Å²) in [6.07, 6.45) is 2.38. The van der Waals surface area contributed by atoms with Crippen LogP contribution in [0.25, 0.3) is 0 Å². The minimum Gasteiger partial charge on any atom is -0.223 e. The van der Waals surface area contributed by atoms with Crippen molar-refractivity contribution >= 4 is 25.8 Å². The van der Waals surface area contributed by atoms with E-state index < -0.39 is 9.84 Å². The molecule has 0 aliphatic heterocycles. The van der Waals surface area contributed by atoms with Crippen LogP contribution < -0.4 is 0 Å². The van der Waals surface area contributed by atoms with Gasteiger partial charge in [-0.1, -0.05) is 28.1 Å². The third kappa shape index (κ3) is 2.01. The van der Waals surface area contributed by atoms with Gasteiger partial charge < -0.3 is 0 Å². The highest BCUT2D eigenvalue weighted by Crippen LogP contribution is 2.40. The third-order valence-electron chi connectivity index (χ3n) is 2.41. The molecule has 0 saturated heterocycles. The Morgan fingerprint density at radius 1 is 1.36 bits per heavy atom. The Kier molecular flexibility index (Phi) is 2.66. The Bertz CT molecular complexity index is 435. The van der Waals surface area contributed by atoms with E-state index in [1.807, 2.05) is 12.1 Å². The lowest BCUT2D eigenvalue weighted by molar-refractivity contribution is 0.601. The van der Waals surface area contributed by atoms with Gasteiger partial charge in [0.05, 0.1) is 4.90 Å². The highest BCUT2D eigenvalue weighted by molar-refractivity contribution is 9.10. The zero-order chi connectivity index (χ0) is 10.2. The van der Waals surface area contributed by atoms with Crippen molar-refractivity contribution < 1.29 is 8.42 Å². The number of alkyl halides is 1. The zero-order valence-electron chi connectivity index (χ0n) is 7.61. The molecule has 0 atom stereocenters. The standard InChI is InChI=1S/C10H11BrO2S/c11-7-14(12,13)10-3-1-2-9(6-10)8-4-5-8/h1-3,6,8H,4-5,7H2. The minimum absolute atomic E-state index is 0.00583. The van der Waals surface area contributed by atoms with Crippen LogP contribution in [0.5, 0.6) is 0 Å². The Hall–Kier alpha value is -0.350. The van der Waals surface area contributed by atoms with Crippen molar-refractivity contribution in [2.75, 3.05) is 4.66 Å². The van der Waals surface area contributed by atoms with E-state index in [9.17, 15) is 8.42 Å². The number of sulfone groups is 1. The van der Waals surface area contributed by atoms with E-state index in [0.29, 0.717) is 10.8 Å². The van der Waals surface area contributed by atoms with E-state index >= 15 is 0 Å². The van der Waals surface area contributed by atoms with Gasteiger partial charge in [0.1, 0.15) is 4.66 Å². The second-order valence-corrected chi connectivity index (χ2v) is 6.86. The summed E-state index contributed by atoms with van der Waals surface area (Å²) >= 11 is 3.00. The summed E-state index contributed by atoms with van der Waals surface area (Å²) in [4.78, 5) is 0.429. The molecular formula is C10H11BrO2S. The normalized spacial score (nSPS) is 16.9. The van der Waals surface area contributed by atoms with E-state index in [-0.39, 0.29) is 4.66 Å². The molecule has 1 aromatic carbocycles. The van der Waals surface area contributed by atoms with Gasteiger partial charge in [-0.15, -0.1) is 0 Å². The number of hydrogen-bond donors (Lipinski definition) is 0. The molecule has 2 rings (SSSR count). The molecule has 14 heavy (non-hydrogen) atoms. The smallest absolute Gasteiger partial charge is 0.188 e. The summed E-state index contributed by atoms with van der Waals surface area (Å²) in [6, 6.07) is 7.28. The summed E-state index contributed by atoms with van der Waals surface area (Å²) in [5.74, 6) is 0.598. The van der Waals surface area contributed by atoms with Crippen LogP contribution in [0.15, 0.2) is 29.2 Å². The highest BCUT2D eigenvalue weighted by atomic mass is 79.9. The Labute approximate surface area is 92.4 Å². The second-order valence-electron chi connectivity index (χ2n) is 3.57. The maximum Gasteiger partial charge on any atom is 0.188 e. The first-order valence-corrected chi connectivity index (χ1v) is 7.29. The maximum absolute atomic E-state index is 11.5. The molecule has 0 amide bonds. The van der Waals surface area contributed by atoms with Gasteiger partial charge in [-0.2, -0.15) is 0 Å². The van der Waals surface area contributed by atoms with Crippen molar-refractivity contribution in [3.63, 3.8) is 0 Å². The molecule has 1 aliphatic carbocycles. The molecule has 1 saturated carbocycles. The van der Waals surface area contributed by atoms with Gasteiger partial charge in [0, 0.05) is 0 Å². The molecule has 1 aliphatic rings. The molecular weight excluding hydrogens is 264 g/mol. The average Bonchev–Trinajstić information content (AvgIpc) is 3.01. The van der Waals surface area contributed by atoms with E-state index in [0.717, 1.165) is 5.56 Å². The molecule has 4 heteroatoms. The lowest BCUT2D eigenvalue weighted by Crippen LogP contribution is -2.01. The van der Waals surface area contributed by atoms with Crippen molar-refractivity contribution in [3.05, 3.63) is 29.8 Å². The monoisotopic (exact) mass is 274 g/mol. The van der Waals surface area contributed by atoms with Crippen LogP contribution in [0.1, 0.15) is 24.3 Å². The van der Waals surface area contributed by atoms with Gasteiger partial charge in [0.2, 0.25) is 0 Å². The van der Waals surface area contributed by atoms with Gasteiger partial charge >= 0.3 is 0 Å². The summed E-state index contributed by atoms with van der Waals surface area (Å²) in [7, 11) is -3.11. The SMILES string of the molecule is O=S(=O)(CBr)c1cccc(C2CC2)c1. The Morgan fingerprint density at radius 2 is 2.07 bits per heavy atom. The van der Waals surface area contributed by atoms with Crippen LogP contribution in [0.4, 0.5) is 0 Å².